The van der Waals surface area contributed by atoms with Gasteiger partial charge in [-0.3, -0.25) is 4.79 Å². The molecule has 80 valence electrons. The van der Waals surface area contributed by atoms with Crippen LogP contribution in [0, 0.1) is 5.82 Å². The van der Waals surface area contributed by atoms with Gasteiger partial charge in [-0.25, -0.2) is 4.39 Å². The Morgan fingerprint density at radius 1 is 1.60 bits per heavy atom. The van der Waals surface area contributed by atoms with Crippen molar-refractivity contribution in [1.82, 2.24) is 0 Å². The van der Waals surface area contributed by atoms with Crippen molar-refractivity contribution in [3.8, 4) is 0 Å². The van der Waals surface area contributed by atoms with Gasteiger partial charge in [-0.1, -0.05) is 5.16 Å². The topological polar surface area (TPSA) is 87.7 Å². The lowest BCUT2D eigenvalue weighted by Crippen LogP contribution is -2.14. The van der Waals surface area contributed by atoms with Crippen LogP contribution in [0.15, 0.2) is 23.4 Å². The van der Waals surface area contributed by atoms with Gasteiger partial charge in [-0.05, 0) is 18.2 Å². The van der Waals surface area contributed by atoms with Crippen molar-refractivity contribution in [1.29, 1.82) is 0 Å². The van der Waals surface area contributed by atoms with Crippen molar-refractivity contribution in [2.45, 2.75) is 6.92 Å². The highest BCUT2D eigenvalue weighted by Crippen LogP contribution is 2.15. The van der Waals surface area contributed by atoms with Crippen LogP contribution in [0.4, 0.5) is 10.1 Å². The number of halogens is 1. The Balaban J connectivity index is 3.10. The Bertz CT molecular complexity index is 418. The second-order valence-electron chi connectivity index (χ2n) is 2.86. The quantitative estimate of drug-likeness (QED) is 0.293. The summed E-state index contributed by atoms with van der Waals surface area (Å²) in [5.74, 6) is -1.13. The number of hydrogen-bond acceptors (Lipinski definition) is 3. The lowest BCUT2D eigenvalue weighted by molar-refractivity contribution is -0.114. The highest BCUT2D eigenvalue weighted by Gasteiger charge is 2.07. The fourth-order valence-corrected chi connectivity index (χ4v) is 1.03. The molecule has 6 heteroatoms. The fraction of sp³-hybridized carbons (Fsp3) is 0.111. The third-order valence-corrected chi connectivity index (χ3v) is 1.68. The number of nitrogens with two attached hydrogens (primary N) is 1. The van der Waals surface area contributed by atoms with Gasteiger partial charge in [0.2, 0.25) is 5.91 Å². The first-order valence-corrected chi connectivity index (χ1v) is 4.09. The normalized spacial score (nSPS) is 11.2. The average Bonchev–Trinajstić information content (AvgIpc) is 2.19. The van der Waals surface area contributed by atoms with Crippen molar-refractivity contribution >= 4 is 17.4 Å². The van der Waals surface area contributed by atoms with E-state index in [1.165, 1.54) is 19.1 Å². The Kier molecular flexibility index (Phi) is 3.22. The summed E-state index contributed by atoms with van der Waals surface area (Å²) < 4.78 is 13.1. The highest BCUT2D eigenvalue weighted by molar-refractivity contribution is 5.99. The van der Waals surface area contributed by atoms with E-state index in [1.807, 2.05) is 0 Å². The summed E-state index contributed by atoms with van der Waals surface area (Å²) in [5, 5.41) is 13.5. The number of anilines is 1. The molecule has 0 heterocycles. The summed E-state index contributed by atoms with van der Waals surface area (Å²) in [7, 11) is 0. The minimum absolute atomic E-state index is 0.00778. The molecule has 0 spiro atoms. The number of carbonyl (C=O) groups excluding carboxylic acids is 1. The van der Waals surface area contributed by atoms with Gasteiger partial charge >= 0.3 is 0 Å². The second kappa shape index (κ2) is 4.41. The van der Waals surface area contributed by atoms with Gasteiger partial charge in [0.05, 0.1) is 5.69 Å². The Hall–Kier alpha value is -2.11. The number of nitrogens with one attached hydrogen (secondary N) is 1. The van der Waals surface area contributed by atoms with Gasteiger partial charge in [-0.2, -0.15) is 0 Å². The summed E-state index contributed by atoms with van der Waals surface area (Å²) >= 11 is 0. The number of amidine groups is 1. The maximum absolute atomic E-state index is 13.1. The molecule has 0 saturated carbocycles. The Labute approximate surface area is 85.4 Å². The molecule has 15 heavy (non-hydrogen) atoms. The van der Waals surface area contributed by atoms with Crippen LogP contribution in [-0.4, -0.2) is 17.0 Å². The minimum atomic E-state index is -0.584. The molecule has 1 amide bonds. The highest BCUT2D eigenvalue weighted by atomic mass is 19.1. The monoisotopic (exact) mass is 211 g/mol. The van der Waals surface area contributed by atoms with Crippen LogP contribution in [-0.2, 0) is 4.79 Å². The maximum atomic E-state index is 13.1. The fourth-order valence-electron chi connectivity index (χ4n) is 1.03. The number of hydrogen-bond donors (Lipinski definition) is 3. The zero-order valence-electron chi connectivity index (χ0n) is 7.99. The van der Waals surface area contributed by atoms with E-state index in [2.05, 4.69) is 10.5 Å². The van der Waals surface area contributed by atoms with E-state index in [-0.39, 0.29) is 11.5 Å². The van der Waals surface area contributed by atoms with E-state index in [0.717, 1.165) is 6.07 Å². The van der Waals surface area contributed by atoms with Crippen molar-refractivity contribution < 1.29 is 14.4 Å². The summed E-state index contributed by atoms with van der Waals surface area (Å²) in [4.78, 5) is 10.7. The van der Waals surface area contributed by atoms with Crippen molar-refractivity contribution in [2.24, 2.45) is 10.9 Å². The number of oxime groups is 1. The van der Waals surface area contributed by atoms with Gasteiger partial charge < -0.3 is 16.3 Å². The SMILES string of the molecule is CC(=O)Nc1cc(/C(N)=N/O)ccc1F. The zero-order valence-corrected chi connectivity index (χ0v) is 7.99. The summed E-state index contributed by atoms with van der Waals surface area (Å²) in [5.41, 5.74) is 5.62. The summed E-state index contributed by atoms with van der Waals surface area (Å²) in [6.45, 7) is 1.26. The van der Waals surface area contributed by atoms with Gasteiger partial charge in [-0.15, -0.1) is 0 Å². The van der Waals surface area contributed by atoms with Crippen LogP contribution in [0.1, 0.15) is 12.5 Å². The number of benzene rings is 1. The first kappa shape index (κ1) is 11.0. The van der Waals surface area contributed by atoms with E-state index < -0.39 is 11.7 Å². The molecule has 0 aliphatic rings. The minimum Gasteiger partial charge on any atom is -0.409 e. The van der Waals surface area contributed by atoms with Crippen LogP contribution < -0.4 is 11.1 Å². The molecule has 5 nitrogen and oxygen atoms in total. The second-order valence-corrected chi connectivity index (χ2v) is 2.86. The molecule has 0 unspecified atom stereocenters. The van der Waals surface area contributed by atoms with Crippen molar-refractivity contribution in [3.63, 3.8) is 0 Å². The first-order valence-electron chi connectivity index (χ1n) is 4.09. The Morgan fingerprint density at radius 3 is 2.80 bits per heavy atom. The molecule has 0 aliphatic carbocycles. The van der Waals surface area contributed by atoms with E-state index in [0.29, 0.717) is 5.56 Å². The molecule has 0 fully saturated rings. The molecule has 0 saturated heterocycles. The van der Waals surface area contributed by atoms with Crippen LogP contribution >= 0.6 is 0 Å². The number of amides is 1. The van der Waals surface area contributed by atoms with Gasteiger partial charge in [0.25, 0.3) is 0 Å². The van der Waals surface area contributed by atoms with Crippen LogP contribution in [0.25, 0.3) is 0 Å². The smallest absolute Gasteiger partial charge is 0.221 e. The predicted octanol–water partition coefficient (Wildman–Crippen LogP) is 0.879. The van der Waals surface area contributed by atoms with E-state index >= 15 is 0 Å². The largest absolute Gasteiger partial charge is 0.409 e. The maximum Gasteiger partial charge on any atom is 0.221 e. The van der Waals surface area contributed by atoms with Crippen molar-refractivity contribution in [2.75, 3.05) is 5.32 Å². The zero-order chi connectivity index (χ0) is 11.4. The lowest BCUT2D eigenvalue weighted by Gasteiger charge is -2.05. The lowest BCUT2D eigenvalue weighted by atomic mass is 10.2. The standard InChI is InChI=1S/C9H10FN3O2/c1-5(14)12-8-4-6(9(11)13-15)2-3-7(8)10/h2-4,15H,1H3,(H2,11,13)(H,12,14). The van der Waals surface area contributed by atoms with E-state index in [1.54, 1.807) is 0 Å². The van der Waals surface area contributed by atoms with Gasteiger partial charge in [0, 0.05) is 12.5 Å². The van der Waals surface area contributed by atoms with Crippen LogP contribution in [0.3, 0.4) is 0 Å². The van der Waals surface area contributed by atoms with E-state index in [9.17, 15) is 9.18 Å². The predicted molar refractivity (Wildman–Crippen MR) is 53.2 cm³/mol. The third kappa shape index (κ3) is 2.67. The molecule has 1 aromatic carbocycles. The Morgan fingerprint density at radius 2 is 2.27 bits per heavy atom. The number of rotatable bonds is 2. The van der Waals surface area contributed by atoms with Crippen LogP contribution in [0.2, 0.25) is 0 Å². The van der Waals surface area contributed by atoms with Crippen LogP contribution in [0.5, 0.6) is 0 Å². The first-order chi connectivity index (χ1) is 7.04. The summed E-state index contributed by atoms with van der Waals surface area (Å²) in [6, 6.07) is 3.75. The molecule has 0 radical (unpaired) electrons. The molecule has 0 aromatic heterocycles. The van der Waals surface area contributed by atoms with Gasteiger partial charge in [0.15, 0.2) is 5.84 Å². The molecule has 1 aromatic rings. The van der Waals surface area contributed by atoms with Crippen molar-refractivity contribution in [3.05, 3.63) is 29.6 Å². The molecular weight excluding hydrogens is 201 g/mol. The molecule has 4 N–H and O–H groups in total. The molecular formula is C9H10FN3O2. The number of carbonyl (C=O) groups is 1. The van der Waals surface area contributed by atoms with Gasteiger partial charge in [0.1, 0.15) is 5.82 Å². The van der Waals surface area contributed by atoms with E-state index in [4.69, 9.17) is 10.9 Å². The molecule has 0 atom stereocenters. The average molecular weight is 211 g/mol. The molecule has 1 rings (SSSR count). The third-order valence-electron chi connectivity index (χ3n) is 1.68. The molecule has 0 bridgehead atoms. The summed E-state index contributed by atoms with van der Waals surface area (Å²) in [6.07, 6.45) is 0. The molecule has 0 aliphatic heterocycles. The number of nitrogens with zero attached hydrogens (tertiary/aromatic N) is 1.